The van der Waals surface area contributed by atoms with E-state index in [1.54, 1.807) is 26.0 Å². The van der Waals surface area contributed by atoms with Gasteiger partial charge in [-0.1, -0.05) is 31.7 Å². The van der Waals surface area contributed by atoms with Gasteiger partial charge in [-0.3, -0.25) is 4.79 Å². The number of aromatic nitrogens is 2. The van der Waals surface area contributed by atoms with Crippen molar-refractivity contribution in [1.29, 1.82) is 0 Å². The molecule has 0 unspecified atom stereocenters. The van der Waals surface area contributed by atoms with Crippen LogP contribution in [-0.4, -0.2) is 47.7 Å². The van der Waals surface area contributed by atoms with Crippen LogP contribution in [0.1, 0.15) is 19.4 Å². The lowest BCUT2D eigenvalue weighted by Gasteiger charge is -2.18. The van der Waals surface area contributed by atoms with Gasteiger partial charge in [0.2, 0.25) is 21.8 Å². The van der Waals surface area contributed by atoms with E-state index < -0.39 is 27.7 Å². The standard InChI is InChI=1S/C21H21F3N4O4S2/c1-3-28(4-2)34(30,31)17-10-8-14(9-11-17)19-26-27-20(32-19)33-13-18(29)25-16-7-5-6-15(12-16)21(22,23)24/h5-12H,3-4,13H2,1-2H3,(H,25,29). The van der Waals surface area contributed by atoms with Gasteiger partial charge in [0.25, 0.3) is 5.22 Å². The highest BCUT2D eigenvalue weighted by atomic mass is 32.2. The first-order valence-corrected chi connectivity index (χ1v) is 12.5. The molecule has 1 heterocycles. The van der Waals surface area contributed by atoms with E-state index in [1.807, 2.05) is 0 Å². The normalized spacial score (nSPS) is 12.2. The van der Waals surface area contributed by atoms with Crippen molar-refractivity contribution in [3.8, 4) is 11.5 Å². The van der Waals surface area contributed by atoms with Gasteiger partial charge in [-0.15, -0.1) is 10.2 Å². The maximum absolute atomic E-state index is 12.8. The third-order valence-electron chi connectivity index (χ3n) is 4.65. The highest BCUT2D eigenvalue weighted by molar-refractivity contribution is 7.99. The summed E-state index contributed by atoms with van der Waals surface area (Å²) in [6.45, 7) is 4.22. The zero-order valence-electron chi connectivity index (χ0n) is 18.2. The Morgan fingerprint density at radius 3 is 2.38 bits per heavy atom. The summed E-state index contributed by atoms with van der Waals surface area (Å²) in [5, 5.41) is 10.2. The van der Waals surface area contributed by atoms with Crippen LogP contribution in [0.3, 0.4) is 0 Å². The van der Waals surface area contributed by atoms with Gasteiger partial charge in [0.15, 0.2) is 0 Å². The molecule has 3 aromatic rings. The summed E-state index contributed by atoms with van der Waals surface area (Å²) in [6, 6.07) is 10.3. The number of nitrogens with one attached hydrogen (secondary N) is 1. The van der Waals surface area contributed by atoms with Gasteiger partial charge >= 0.3 is 6.18 Å². The average molecular weight is 515 g/mol. The molecule has 0 spiro atoms. The molecular formula is C21H21F3N4O4S2. The van der Waals surface area contributed by atoms with Gasteiger partial charge < -0.3 is 9.73 Å². The lowest BCUT2D eigenvalue weighted by molar-refractivity contribution is -0.137. The minimum Gasteiger partial charge on any atom is -0.411 e. The van der Waals surface area contributed by atoms with Crippen molar-refractivity contribution in [2.24, 2.45) is 0 Å². The topological polar surface area (TPSA) is 105 Å². The van der Waals surface area contributed by atoms with E-state index in [0.717, 1.165) is 23.9 Å². The van der Waals surface area contributed by atoms with Gasteiger partial charge in [0.05, 0.1) is 16.2 Å². The van der Waals surface area contributed by atoms with Crippen LogP contribution in [0.2, 0.25) is 0 Å². The number of thioether (sulfide) groups is 1. The van der Waals surface area contributed by atoms with Gasteiger partial charge in [0, 0.05) is 24.3 Å². The zero-order chi connectivity index (χ0) is 24.9. The molecule has 0 radical (unpaired) electrons. The molecule has 0 saturated carbocycles. The Kier molecular flexibility index (Phi) is 8.00. The number of hydrogen-bond donors (Lipinski definition) is 1. The van der Waals surface area contributed by atoms with E-state index >= 15 is 0 Å². The number of alkyl halides is 3. The van der Waals surface area contributed by atoms with E-state index in [1.165, 1.54) is 28.6 Å². The van der Waals surface area contributed by atoms with Crippen molar-refractivity contribution >= 4 is 33.4 Å². The quantitative estimate of drug-likeness (QED) is 0.419. The number of sulfonamides is 1. The third kappa shape index (κ3) is 6.15. The number of amides is 1. The van der Waals surface area contributed by atoms with Crippen LogP contribution in [0.4, 0.5) is 18.9 Å². The molecule has 0 aliphatic carbocycles. The largest absolute Gasteiger partial charge is 0.416 e. The first kappa shape index (κ1) is 25.7. The Balaban J connectivity index is 1.61. The van der Waals surface area contributed by atoms with Gasteiger partial charge in [-0.05, 0) is 42.5 Å². The fraction of sp³-hybridized carbons (Fsp3) is 0.286. The summed E-state index contributed by atoms with van der Waals surface area (Å²) >= 11 is 0.913. The van der Waals surface area contributed by atoms with Crippen molar-refractivity contribution in [2.75, 3.05) is 24.2 Å². The highest BCUT2D eigenvalue weighted by Crippen LogP contribution is 2.31. The molecule has 182 valence electrons. The molecule has 1 amide bonds. The Morgan fingerprint density at radius 1 is 1.09 bits per heavy atom. The number of benzene rings is 2. The number of anilines is 1. The molecule has 0 aliphatic rings. The SMILES string of the molecule is CCN(CC)S(=O)(=O)c1ccc(-c2nnc(SCC(=O)Nc3cccc(C(F)(F)F)c3)o2)cc1. The van der Waals surface area contributed by atoms with E-state index in [-0.39, 0.29) is 27.4 Å². The van der Waals surface area contributed by atoms with Crippen LogP contribution < -0.4 is 5.32 Å². The second-order valence-electron chi connectivity index (χ2n) is 6.90. The van der Waals surface area contributed by atoms with E-state index in [4.69, 9.17) is 4.42 Å². The molecular weight excluding hydrogens is 493 g/mol. The van der Waals surface area contributed by atoms with Crippen molar-refractivity contribution in [2.45, 2.75) is 30.1 Å². The predicted octanol–water partition coefficient (Wildman–Crippen LogP) is 4.52. The summed E-state index contributed by atoms with van der Waals surface area (Å²) in [6.07, 6.45) is -4.51. The number of nitrogens with zero attached hydrogens (tertiary/aromatic N) is 3. The summed E-state index contributed by atoms with van der Waals surface area (Å²) in [5.41, 5.74) is -0.354. The fourth-order valence-corrected chi connectivity index (χ4v) is 4.99. The lowest BCUT2D eigenvalue weighted by atomic mass is 10.2. The lowest BCUT2D eigenvalue weighted by Crippen LogP contribution is -2.30. The Morgan fingerprint density at radius 2 is 1.76 bits per heavy atom. The summed E-state index contributed by atoms with van der Waals surface area (Å²) in [7, 11) is -3.59. The van der Waals surface area contributed by atoms with Crippen LogP contribution in [0.5, 0.6) is 0 Å². The molecule has 8 nitrogen and oxygen atoms in total. The summed E-state index contributed by atoms with van der Waals surface area (Å²) < 4.78 is 70.4. The second-order valence-corrected chi connectivity index (χ2v) is 9.77. The summed E-state index contributed by atoms with van der Waals surface area (Å²) in [5.74, 6) is -0.582. The molecule has 34 heavy (non-hydrogen) atoms. The van der Waals surface area contributed by atoms with Crippen molar-refractivity contribution in [3.05, 3.63) is 54.1 Å². The Hall–Kier alpha value is -2.90. The smallest absolute Gasteiger partial charge is 0.411 e. The molecule has 3 rings (SSSR count). The van der Waals surface area contributed by atoms with Crippen LogP contribution >= 0.6 is 11.8 Å². The Bertz CT molecular complexity index is 1240. The molecule has 1 aromatic heterocycles. The zero-order valence-corrected chi connectivity index (χ0v) is 19.8. The van der Waals surface area contributed by atoms with Gasteiger partial charge in [-0.2, -0.15) is 17.5 Å². The first-order chi connectivity index (χ1) is 16.0. The highest BCUT2D eigenvalue weighted by Gasteiger charge is 2.30. The van der Waals surface area contributed by atoms with E-state index in [0.29, 0.717) is 18.7 Å². The minimum absolute atomic E-state index is 0.0198. The van der Waals surface area contributed by atoms with Crippen LogP contribution in [0.25, 0.3) is 11.5 Å². The molecule has 0 bridgehead atoms. The average Bonchev–Trinajstić information content (AvgIpc) is 3.27. The van der Waals surface area contributed by atoms with Crippen molar-refractivity contribution in [3.63, 3.8) is 0 Å². The van der Waals surface area contributed by atoms with Crippen LogP contribution in [0.15, 0.2) is 63.1 Å². The van der Waals surface area contributed by atoms with Crippen LogP contribution in [-0.2, 0) is 21.0 Å². The van der Waals surface area contributed by atoms with Gasteiger partial charge in [0.1, 0.15) is 0 Å². The second kappa shape index (κ2) is 10.6. The summed E-state index contributed by atoms with van der Waals surface area (Å²) in [4.78, 5) is 12.2. The molecule has 0 saturated heterocycles. The number of carbonyl (C=O) groups excluding carboxylic acids is 1. The molecule has 0 fully saturated rings. The minimum atomic E-state index is -4.51. The maximum Gasteiger partial charge on any atom is 0.416 e. The predicted molar refractivity (Wildman–Crippen MR) is 121 cm³/mol. The number of halogens is 3. The first-order valence-electron chi connectivity index (χ1n) is 10.1. The maximum atomic E-state index is 12.8. The monoisotopic (exact) mass is 514 g/mol. The van der Waals surface area contributed by atoms with Crippen LogP contribution in [0, 0.1) is 0 Å². The van der Waals surface area contributed by atoms with Crippen molar-refractivity contribution in [1.82, 2.24) is 14.5 Å². The molecule has 1 N–H and O–H groups in total. The Labute approximate surface area is 198 Å². The van der Waals surface area contributed by atoms with Gasteiger partial charge in [-0.25, -0.2) is 8.42 Å². The molecule has 2 aromatic carbocycles. The number of carbonyl (C=O) groups is 1. The third-order valence-corrected chi connectivity index (χ3v) is 7.53. The molecule has 0 atom stereocenters. The molecule has 13 heteroatoms. The number of hydrogen-bond acceptors (Lipinski definition) is 7. The van der Waals surface area contributed by atoms with Crippen molar-refractivity contribution < 1.29 is 30.8 Å². The fourth-order valence-electron chi connectivity index (χ4n) is 2.96. The molecule has 0 aliphatic heterocycles. The number of rotatable bonds is 9. The van der Waals surface area contributed by atoms with E-state index in [2.05, 4.69) is 15.5 Å². The van der Waals surface area contributed by atoms with E-state index in [9.17, 15) is 26.4 Å².